The highest BCUT2D eigenvalue weighted by atomic mass is 32.1. The number of amides is 2. The molecule has 2 aliphatic heterocycles. The fraction of sp³-hybridized carbons (Fsp3) is 0.545. The molecular formula is C22H29N5O2S. The Bertz CT molecular complexity index is 870. The summed E-state index contributed by atoms with van der Waals surface area (Å²) in [6.07, 6.45) is 0.909. The Morgan fingerprint density at radius 3 is 2.50 bits per heavy atom. The lowest BCUT2D eigenvalue weighted by Gasteiger charge is -2.24. The maximum Gasteiger partial charge on any atom is 0.236 e. The third kappa shape index (κ3) is 4.70. The van der Waals surface area contributed by atoms with Gasteiger partial charge in [0.2, 0.25) is 11.8 Å². The van der Waals surface area contributed by atoms with Crippen LogP contribution >= 0.6 is 11.5 Å². The van der Waals surface area contributed by atoms with Gasteiger partial charge in [-0.2, -0.15) is 0 Å². The number of nitrogens with zero attached hydrogens (tertiary/aromatic N) is 5. The van der Waals surface area contributed by atoms with Gasteiger partial charge in [0.15, 0.2) is 0 Å². The zero-order valence-corrected chi connectivity index (χ0v) is 18.5. The van der Waals surface area contributed by atoms with Crippen molar-refractivity contribution in [3.63, 3.8) is 0 Å². The molecule has 2 atom stereocenters. The molecular weight excluding hydrogens is 398 g/mol. The first-order valence-electron chi connectivity index (χ1n) is 10.6. The largest absolute Gasteiger partial charge is 0.342 e. The van der Waals surface area contributed by atoms with Crippen LogP contribution in [0.5, 0.6) is 0 Å². The summed E-state index contributed by atoms with van der Waals surface area (Å²) in [5.74, 6) is 0.681. The van der Waals surface area contributed by atoms with Crippen molar-refractivity contribution in [2.75, 3.05) is 45.8 Å². The van der Waals surface area contributed by atoms with E-state index in [0.717, 1.165) is 31.7 Å². The van der Waals surface area contributed by atoms with Crippen LogP contribution in [0.1, 0.15) is 42.0 Å². The van der Waals surface area contributed by atoms with Gasteiger partial charge in [0.05, 0.1) is 12.2 Å². The number of hydrogen-bond donors (Lipinski definition) is 0. The fourth-order valence-electron chi connectivity index (χ4n) is 4.53. The number of rotatable bonds is 4. The average molecular weight is 428 g/mol. The molecule has 1 aromatic carbocycles. The molecule has 0 radical (unpaired) electrons. The van der Waals surface area contributed by atoms with E-state index < -0.39 is 0 Å². The van der Waals surface area contributed by atoms with E-state index in [9.17, 15) is 9.59 Å². The zero-order chi connectivity index (χ0) is 21.1. The Morgan fingerprint density at radius 2 is 1.80 bits per heavy atom. The smallest absolute Gasteiger partial charge is 0.236 e. The minimum Gasteiger partial charge on any atom is -0.342 e. The van der Waals surface area contributed by atoms with Crippen molar-refractivity contribution in [1.82, 2.24) is 24.3 Å². The number of hydrogen-bond acceptors (Lipinski definition) is 6. The van der Waals surface area contributed by atoms with Gasteiger partial charge in [-0.1, -0.05) is 34.3 Å². The minimum absolute atomic E-state index is 0.114. The quantitative estimate of drug-likeness (QED) is 0.748. The van der Waals surface area contributed by atoms with Gasteiger partial charge in [0.25, 0.3) is 0 Å². The first kappa shape index (κ1) is 20.9. The summed E-state index contributed by atoms with van der Waals surface area (Å²) in [6.45, 7) is 8.57. The van der Waals surface area contributed by atoms with Crippen molar-refractivity contribution in [2.24, 2.45) is 0 Å². The molecule has 0 bridgehead atoms. The van der Waals surface area contributed by atoms with E-state index in [4.69, 9.17) is 0 Å². The standard InChI is InChI=1S/C22H29N5O2S/c1-16-4-6-18(7-5-16)19-12-27(13-20(19)21-15-30-24-23-21)22(29)14-25-8-3-9-26(11-10-25)17(2)28/h4-7,15,19-20H,3,8-14H2,1-2H3/t19-,20+/m0/s1. The van der Waals surface area contributed by atoms with Gasteiger partial charge in [0, 0.05) is 63.4 Å². The van der Waals surface area contributed by atoms with Gasteiger partial charge in [-0.3, -0.25) is 14.5 Å². The summed E-state index contributed by atoms with van der Waals surface area (Å²) in [4.78, 5) is 30.9. The van der Waals surface area contributed by atoms with E-state index in [1.165, 1.54) is 22.7 Å². The Labute approximate surface area is 181 Å². The number of aromatic nitrogens is 2. The lowest BCUT2D eigenvalue weighted by atomic mass is 9.87. The van der Waals surface area contributed by atoms with Crippen LogP contribution in [0.25, 0.3) is 0 Å². The Kier molecular flexibility index (Phi) is 6.43. The predicted octanol–water partition coefficient (Wildman–Crippen LogP) is 2.11. The highest BCUT2D eigenvalue weighted by molar-refractivity contribution is 7.03. The molecule has 1 aromatic heterocycles. The van der Waals surface area contributed by atoms with E-state index in [1.54, 1.807) is 6.92 Å². The van der Waals surface area contributed by atoms with Gasteiger partial charge >= 0.3 is 0 Å². The molecule has 7 nitrogen and oxygen atoms in total. The fourth-order valence-corrected chi connectivity index (χ4v) is 5.05. The van der Waals surface area contributed by atoms with Crippen LogP contribution in [0.4, 0.5) is 0 Å². The molecule has 0 aliphatic carbocycles. The van der Waals surface area contributed by atoms with Crippen LogP contribution in [0, 0.1) is 6.92 Å². The summed E-state index contributed by atoms with van der Waals surface area (Å²) < 4.78 is 4.05. The number of carbonyl (C=O) groups excluding carboxylic acids is 2. The Hall–Kier alpha value is -2.32. The molecule has 2 aromatic rings. The summed E-state index contributed by atoms with van der Waals surface area (Å²) in [5.41, 5.74) is 3.46. The van der Waals surface area contributed by atoms with Crippen molar-refractivity contribution in [3.8, 4) is 0 Å². The number of benzene rings is 1. The Balaban J connectivity index is 1.44. The van der Waals surface area contributed by atoms with Crippen molar-refractivity contribution in [3.05, 3.63) is 46.5 Å². The molecule has 30 heavy (non-hydrogen) atoms. The lowest BCUT2D eigenvalue weighted by Crippen LogP contribution is -2.41. The maximum atomic E-state index is 13.2. The molecule has 160 valence electrons. The molecule has 0 N–H and O–H groups in total. The second-order valence-electron chi connectivity index (χ2n) is 8.39. The van der Waals surface area contributed by atoms with Gasteiger partial charge in [-0.15, -0.1) is 5.10 Å². The van der Waals surface area contributed by atoms with Crippen molar-refractivity contribution in [1.29, 1.82) is 0 Å². The highest BCUT2D eigenvalue weighted by Crippen LogP contribution is 2.39. The van der Waals surface area contributed by atoms with E-state index in [-0.39, 0.29) is 23.7 Å². The number of aryl methyl sites for hydroxylation is 1. The monoisotopic (exact) mass is 427 g/mol. The van der Waals surface area contributed by atoms with Crippen molar-refractivity contribution < 1.29 is 9.59 Å². The third-order valence-corrected chi connectivity index (χ3v) is 6.85. The van der Waals surface area contributed by atoms with Gasteiger partial charge < -0.3 is 9.80 Å². The second kappa shape index (κ2) is 9.22. The lowest BCUT2D eigenvalue weighted by molar-refractivity contribution is -0.131. The summed E-state index contributed by atoms with van der Waals surface area (Å²) in [5, 5.41) is 6.33. The second-order valence-corrected chi connectivity index (χ2v) is 9.00. The Morgan fingerprint density at radius 1 is 1.03 bits per heavy atom. The molecule has 2 fully saturated rings. The van der Waals surface area contributed by atoms with E-state index in [2.05, 4.69) is 45.7 Å². The van der Waals surface area contributed by atoms with Crippen molar-refractivity contribution in [2.45, 2.75) is 32.1 Å². The van der Waals surface area contributed by atoms with E-state index in [0.29, 0.717) is 26.2 Å². The molecule has 2 amide bonds. The highest BCUT2D eigenvalue weighted by Gasteiger charge is 2.38. The zero-order valence-electron chi connectivity index (χ0n) is 17.7. The van der Waals surface area contributed by atoms with Crippen LogP contribution < -0.4 is 0 Å². The van der Waals surface area contributed by atoms with Crippen LogP contribution in [0.2, 0.25) is 0 Å². The van der Waals surface area contributed by atoms with Crippen LogP contribution in [-0.2, 0) is 9.59 Å². The molecule has 3 heterocycles. The molecule has 0 saturated carbocycles. The summed E-state index contributed by atoms with van der Waals surface area (Å²) in [6, 6.07) is 8.61. The molecule has 2 aliphatic rings. The summed E-state index contributed by atoms with van der Waals surface area (Å²) >= 11 is 1.36. The van der Waals surface area contributed by atoms with Gasteiger partial charge in [-0.25, -0.2) is 0 Å². The molecule has 8 heteroatoms. The molecule has 4 rings (SSSR count). The first-order chi connectivity index (χ1) is 14.5. The number of carbonyl (C=O) groups is 2. The average Bonchev–Trinajstić information content (AvgIpc) is 3.35. The van der Waals surface area contributed by atoms with Crippen LogP contribution in [0.3, 0.4) is 0 Å². The SMILES string of the molecule is CC(=O)N1CCCN(CC(=O)N2C[C@@H](c3ccc(C)cc3)[C@H](c3csnn3)C2)CC1. The maximum absolute atomic E-state index is 13.2. The van der Waals surface area contributed by atoms with E-state index in [1.807, 2.05) is 15.2 Å². The van der Waals surface area contributed by atoms with Gasteiger partial charge in [-0.05, 0) is 30.4 Å². The predicted molar refractivity (Wildman–Crippen MR) is 116 cm³/mol. The van der Waals surface area contributed by atoms with Crippen molar-refractivity contribution >= 4 is 23.3 Å². The van der Waals surface area contributed by atoms with Gasteiger partial charge in [0.1, 0.15) is 0 Å². The van der Waals surface area contributed by atoms with Crippen LogP contribution in [0.15, 0.2) is 29.6 Å². The first-order valence-corrected chi connectivity index (χ1v) is 11.4. The molecule has 2 saturated heterocycles. The normalized spacial score (nSPS) is 22.9. The van der Waals surface area contributed by atoms with Crippen LogP contribution in [-0.4, -0.2) is 81.9 Å². The topological polar surface area (TPSA) is 69.6 Å². The third-order valence-electron chi connectivity index (χ3n) is 6.33. The summed E-state index contributed by atoms with van der Waals surface area (Å²) in [7, 11) is 0. The minimum atomic E-state index is 0.114. The molecule has 0 unspecified atom stereocenters. The van der Waals surface area contributed by atoms with E-state index >= 15 is 0 Å². The molecule has 0 spiro atoms. The number of likely N-dealkylation sites (tertiary alicyclic amines) is 1.